The van der Waals surface area contributed by atoms with E-state index in [2.05, 4.69) is 29.8 Å². The van der Waals surface area contributed by atoms with Gasteiger partial charge < -0.3 is 10.0 Å². The summed E-state index contributed by atoms with van der Waals surface area (Å²) in [7, 11) is 2.21. The van der Waals surface area contributed by atoms with E-state index in [0.717, 1.165) is 5.92 Å². The van der Waals surface area contributed by atoms with E-state index in [1.807, 2.05) is 12.1 Å². The molecular formula is C16H22N2O. The fraction of sp³-hybridized carbons (Fsp3) is 0.625. The van der Waals surface area contributed by atoms with Crippen molar-refractivity contribution in [1.29, 1.82) is 0 Å². The highest BCUT2D eigenvalue weighted by Crippen LogP contribution is 2.52. The first kappa shape index (κ1) is 11.6. The van der Waals surface area contributed by atoms with Gasteiger partial charge in [-0.1, -0.05) is 6.92 Å². The van der Waals surface area contributed by atoms with Crippen LogP contribution in [0.15, 0.2) is 18.2 Å². The fourth-order valence-corrected chi connectivity index (χ4v) is 4.22. The van der Waals surface area contributed by atoms with Gasteiger partial charge >= 0.3 is 0 Å². The summed E-state index contributed by atoms with van der Waals surface area (Å²) in [6, 6.07) is 5.86. The summed E-state index contributed by atoms with van der Waals surface area (Å²) in [5.74, 6) is 1.34. The van der Waals surface area contributed by atoms with Crippen molar-refractivity contribution in [1.82, 2.24) is 4.90 Å². The van der Waals surface area contributed by atoms with Gasteiger partial charge in [0.15, 0.2) is 0 Å². The number of aromatic hydroxyl groups is 1. The van der Waals surface area contributed by atoms with Crippen LogP contribution in [0.5, 0.6) is 5.75 Å². The maximum atomic E-state index is 9.81. The molecule has 0 aromatic heterocycles. The lowest BCUT2D eigenvalue weighted by Crippen LogP contribution is -2.47. The van der Waals surface area contributed by atoms with Gasteiger partial charge in [-0.25, -0.2) is 0 Å². The van der Waals surface area contributed by atoms with E-state index in [-0.39, 0.29) is 5.41 Å². The van der Waals surface area contributed by atoms with Crippen molar-refractivity contribution < 1.29 is 5.11 Å². The Morgan fingerprint density at radius 3 is 2.89 bits per heavy atom. The Bertz CT molecular complexity index is 525. The molecule has 1 saturated heterocycles. The maximum Gasteiger partial charge on any atom is 0.116 e. The molecule has 1 aromatic rings. The topological polar surface area (TPSA) is 26.7 Å². The lowest BCUT2D eigenvalue weighted by atomic mass is 9.81. The molecule has 19 heavy (non-hydrogen) atoms. The highest BCUT2D eigenvalue weighted by molar-refractivity contribution is 5.65. The number of fused-ring (bicyclic) bond motifs is 3. The molecule has 0 spiro atoms. The first-order chi connectivity index (χ1) is 9.09. The first-order valence-electron chi connectivity index (χ1n) is 7.40. The van der Waals surface area contributed by atoms with E-state index in [0.29, 0.717) is 11.9 Å². The summed E-state index contributed by atoms with van der Waals surface area (Å²) in [5.41, 5.74) is 2.81. The molecule has 4 rings (SSSR count). The van der Waals surface area contributed by atoms with Gasteiger partial charge in [0, 0.05) is 31.2 Å². The van der Waals surface area contributed by atoms with E-state index >= 15 is 0 Å². The smallest absolute Gasteiger partial charge is 0.116 e. The van der Waals surface area contributed by atoms with E-state index in [1.165, 1.54) is 43.6 Å². The van der Waals surface area contributed by atoms with Crippen molar-refractivity contribution >= 4 is 5.69 Å². The second kappa shape index (κ2) is 3.66. The number of likely N-dealkylation sites (tertiary alicyclic amines) is 1. The molecule has 2 fully saturated rings. The van der Waals surface area contributed by atoms with Crippen LogP contribution in [-0.2, 0) is 5.41 Å². The third-order valence-corrected chi connectivity index (χ3v) is 5.37. The second-order valence-electron chi connectivity index (χ2n) is 6.79. The Morgan fingerprint density at radius 2 is 2.16 bits per heavy atom. The Labute approximate surface area is 114 Å². The third kappa shape index (κ3) is 1.54. The van der Waals surface area contributed by atoms with E-state index in [4.69, 9.17) is 0 Å². The summed E-state index contributed by atoms with van der Waals surface area (Å²) >= 11 is 0. The Kier molecular flexibility index (Phi) is 2.23. The zero-order chi connectivity index (χ0) is 13.2. The summed E-state index contributed by atoms with van der Waals surface area (Å²) < 4.78 is 0. The molecule has 2 heterocycles. The number of nitrogens with zero attached hydrogens (tertiary/aromatic N) is 2. The number of hydrogen-bond donors (Lipinski definition) is 1. The number of phenolic OH excluding ortho intramolecular Hbond substituents is 1. The van der Waals surface area contributed by atoms with E-state index in [1.54, 1.807) is 0 Å². The molecule has 3 heteroatoms. The van der Waals surface area contributed by atoms with Crippen molar-refractivity contribution in [3.63, 3.8) is 0 Å². The standard InChI is InChI=1S/C16H22N2O/c1-16-7-8-18(10-11-3-4-11)15(16)17(2)14-6-5-12(19)9-13(14)16/h5-6,9,11,15,19H,3-4,7-8,10H2,1-2H3. The number of hydrogen-bond acceptors (Lipinski definition) is 3. The molecule has 1 aliphatic carbocycles. The van der Waals surface area contributed by atoms with Crippen LogP contribution in [0.1, 0.15) is 31.7 Å². The van der Waals surface area contributed by atoms with E-state index in [9.17, 15) is 5.11 Å². The van der Waals surface area contributed by atoms with Crippen LogP contribution < -0.4 is 4.90 Å². The van der Waals surface area contributed by atoms with Gasteiger partial charge in [-0.3, -0.25) is 4.90 Å². The SMILES string of the molecule is CN1c2ccc(O)cc2C2(C)CCN(CC3CC3)C12. The summed E-state index contributed by atoms with van der Waals surface area (Å²) in [4.78, 5) is 5.08. The van der Waals surface area contributed by atoms with Gasteiger partial charge in [0.1, 0.15) is 5.75 Å². The van der Waals surface area contributed by atoms with Crippen LogP contribution in [-0.4, -0.2) is 36.3 Å². The predicted octanol–water partition coefficient (Wildman–Crippen LogP) is 2.54. The molecule has 1 N–H and O–H groups in total. The Morgan fingerprint density at radius 1 is 1.37 bits per heavy atom. The zero-order valence-electron chi connectivity index (χ0n) is 11.8. The molecule has 1 saturated carbocycles. The van der Waals surface area contributed by atoms with Gasteiger partial charge in [0.2, 0.25) is 0 Å². The molecule has 0 bridgehead atoms. The lowest BCUT2D eigenvalue weighted by Gasteiger charge is -2.34. The van der Waals surface area contributed by atoms with E-state index < -0.39 is 0 Å². The van der Waals surface area contributed by atoms with Crippen molar-refractivity contribution in [3.8, 4) is 5.75 Å². The molecule has 3 aliphatic rings. The van der Waals surface area contributed by atoms with Crippen molar-refractivity contribution in [3.05, 3.63) is 23.8 Å². The largest absolute Gasteiger partial charge is 0.508 e. The normalized spacial score (nSPS) is 33.6. The Hall–Kier alpha value is -1.22. The summed E-state index contributed by atoms with van der Waals surface area (Å²) in [6.07, 6.45) is 4.50. The van der Waals surface area contributed by atoms with Gasteiger partial charge in [0.05, 0.1) is 6.17 Å². The molecule has 3 nitrogen and oxygen atoms in total. The average molecular weight is 258 g/mol. The van der Waals surface area contributed by atoms with Crippen LogP contribution in [0.4, 0.5) is 5.69 Å². The van der Waals surface area contributed by atoms with Crippen molar-refractivity contribution in [2.75, 3.05) is 25.0 Å². The molecule has 0 amide bonds. The van der Waals surface area contributed by atoms with Gasteiger partial charge in [-0.05, 0) is 48.9 Å². The van der Waals surface area contributed by atoms with Crippen LogP contribution in [0, 0.1) is 5.92 Å². The lowest BCUT2D eigenvalue weighted by molar-refractivity contribution is 0.215. The predicted molar refractivity (Wildman–Crippen MR) is 76.6 cm³/mol. The van der Waals surface area contributed by atoms with Crippen LogP contribution >= 0.6 is 0 Å². The second-order valence-corrected chi connectivity index (χ2v) is 6.79. The van der Waals surface area contributed by atoms with Crippen LogP contribution in [0.3, 0.4) is 0 Å². The number of likely N-dealkylation sites (N-methyl/N-ethyl adjacent to an activating group) is 1. The quantitative estimate of drug-likeness (QED) is 0.883. The monoisotopic (exact) mass is 258 g/mol. The minimum absolute atomic E-state index is 0.178. The van der Waals surface area contributed by atoms with Crippen molar-refractivity contribution in [2.24, 2.45) is 5.92 Å². The molecule has 1 aromatic carbocycles. The third-order valence-electron chi connectivity index (χ3n) is 5.37. The summed E-state index contributed by atoms with van der Waals surface area (Å²) in [5, 5.41) is 9.81. The molecule has 2 unspecified atom stereocenters. The van der Waals surface area contributed by atoms with Gasteiger partial charge in [-0.2, -0.15) is 0 Å². The van der Waals surface area contributed by atoms with Crippen LogP contribution in [0.25, 0.3) is 0 Å². The highest BCUT2D eigenvalue weighted by Gasteiger charge is 2.53. The molecule has 2 atom stereocenters. The number of anilines is 1. The van der Waals surface area contributed by atoms with Crippen molar-refractivity contribution in [2.45, 2.75) is 37.8 Å². The summed E-state index contributed by atoms with van der Waals surface area (Å²) in [6.45, 7) is 4.81. The number of phenols is 1. The van der Waals surface area contributed by atoms with Gasteiger partial charge in [-0.15, -0.1) is 0 Å². The molecule has 2 aliphatic heterocycles. The number of benzene rings is 1. The minimum atomic E-state index is 0.178. The first-order valence-corrected chi connectivity index (χ1v) is 7.40. The minimum Gasteiger partial charge on any atom is -0.508 e. The van der Waals surface area contributed by atoms with Gasteiger partial charge in [0.25, 0.3) is 0 Å². The molecule has 0 radical (unpaired) electrons. The average Bonchev–Trinajstić information content (AvgIpc) is 3.08. The Balaban J connectivity index is 1.74. The zero-order valence-corrected chi connectivity index (χ0v) is 11.8. The molecular weight excluding hydrogens is 236 g/mol. The maximum absolute atomic E-state index is 9.81. The highest BCUT2D eigenvalue weighted by atomic mass is 16.3. The van der Waals surface area contributed by atoms with Crippen LogP contribution in [0.2, 0.25) is 0 Å². The number of rotatable bonds is 2. The fourth-order valence-electron chi connectivity index (χ4n) is 4.22. The molecule has 102 valence electrons.